The van der Waals surface area contributed by atoms with Crippen LogP contribution in [0.4, 0.5) is 5.69 Å². The molecule has 1 aromatic heterocycles. The number of nitrogens with one attached hydrogen (secondary N) is 1. The summed E-state index contributed by atoms with van der Waals surface area (Å²) in [5, 5.41) is 13.4. The van der Waals surface area contributed by atoms with Gasteiger partial charge >= 0.3 is 0 Å². The number of rotatable bonds is 2. The van der Waals surface area contributed by atoms with Crippen molar-refractivity contribution in [2.45, 2.75) is 44.4 Å². The van der Waals surface area contributed by atoms with E-state index in [-0.39, 0.29) is 11.8 Å². The quantitative estimate of drug-likeness (QED) is 0.687. The van der Waals surface area contributed by atoms with Gasteiger partial charge in [-0.15, -0.1) is 0 Å². The molecule has 1 atom stereocenters. The molecule has 0 saturated heterocycles. The van der Waals surface area contributed by atoms with Crippen molar-refractivity contribution in [3.8, 4) is 6.07 Å². The molecule has 5 heteroatoms. The molecule has 4 rings (SSSR count). The first-order chi connectivity index (χ1) is 13.9. The van der Waals surface area contributed by atoms with Gasteiger partial charge in [0.15, 0.2) is 0 Å². The average molecular weight is 379 g/mol. The fraction of sp³-hybridized carbons (Fsp3) is 0.292. The molecule has 2 radical (unpaired) electrons. The minimum absolute atomic E-state index is 0.00300. The second kappa shape index (κ2) is 7.37. The summed E-state index contributed by atoms with van der Waals surface area (Å²) in [5.74, 6) is 0.203. The number of carbonyl (C=O) groups excluding carboxylic acids is 1. The van der Waals surface area contributed by atoms with Gasteiger partial charge in [-0.3, -0.25) is 9.78 Å². The van der Waals surface area contributed by atoms with Crippen molar-refractivity contribution >= 4 is 35.8 Å². The van der Waals surface area contributed by atoms with Crippen LogP contribution in [0.3, 0.4) is 0 Å². The molecule has 1 amide bonds. The van der Waals surface area contributed by atoms with Crippen molar-refractivity contribution in [1.29, 1.82) is 5.26 Å². The normalized spacial score (nSPS) is 17.0. The van der Waals surface area contributed by atoms with Crippen molar-refractivity contribution in [3.05, 3.63) is 65.4 Å². The van der Waals surface area contributed by atoms with Crippen LogP contribution in [0.2, 0.25) is 0 Å². The molecule has 3 aromatic rings. The van der Waals surface area contributed by atoms with Crippen molar-refractivity contribution in [2.24, 2.45) is 0 Å². The summed E-state index contributed by atoms with van der Waals surface area (Å²) < 4.78 is 0. The van der Waals surface area contributed by atoms with Crippen LogP contribution in [0.25, 0.3) is 10.9 Å². The average Bonchev–Trinajstić information content (AvgIpc) is 2.70. The number of hydrogen-bond acceptors (Lipinski definition) is 3. The number of benzene rings is 2. The number of anilines is 1. The highest BCUT2D eigenvalue weighted by Gasteiger charge is 2.24. The van der Waals surface area contributed by atoms with E-state index in [0.717, 1.165) is 40.6 Å². The van der Waals surface area contributed by atoms with Crippen molar-refractivity contribution < 1.29 is 4.79 Å². The van der Waals surface area contributed by atoms with E-state index in [0.29, 0.717) is 11.9 Å². The molecule has 4 nitrogen and oxygen atoms in total. The Bertz CT molecular complexity index is 1130. The number of amides is 1. The predicted molar refractivity (Wildman–Crippen MR) is 117 cm³/mol. The van der Waals surface area contributed by atoms with E-state index in [9.17, 15) is 10.1 Å². The fourth-order valence-electron chi connectivity index (χ4n) is 3.98. The minimum Gasteiger partial charge on any atom is -0.324 e. The molecule has 0 spiro atoms. The summed E-state index contributed by atoms with van der Waals surface area (Å²) in [5.41, 5.74) is 5.04. The van der Waals surface area contributed by atoms with Gasteiger partial charge in [0.05, 0.1) is 28.9 Å². The van der Waals surface area contributed by atoms with E-state index >= 15 is 0 Å². The zero-order valence-electron chi connectivity index (χ0n) is 16.7. The molecular weight excluding hydrogens is 357 g/mol. The molecule has 1 aliphatic heterocycles. The Morgan fingerprint density at radius 2 is 1.97 bits per heavy atom. The van der Waals surface area contributed by atoms with Crippen molar-refractivity contribution in [2.75, 3.05) is 5.32 Å². The first-order valence-corrected chi connectivity index (χ1v) is 9.86. The van der Waals surface area contributed by atoms with Gasteiger partial charge in [-0.2, -0.15) is 5.26 Å². The summed E-state index contributed by atoms with van der Waals surface area (Å²) in [6, 6.07) is 16.3. The number of nitriles is 1. The third kappa shape index (κ3) is 3.76. The van der Waals surface area contributed by atoms with Crippen LogP contribution in [-0.2, 0) is 16.6 Å². The standard InChI is InChI=1S/C24H22BN3O/c1-24(2,14-26)17-6-3-15(4-7-17)16-5-10-23(29)28-22-13-27-21-9-8-18(25)12-20(21)19(22)11-16/h3-4,6-9,12-13,16H,5,10-11H2,1-2H3,(H,28,29). The third-order valence-electron chi connectivity index (χ3n) is 5.83. The molecule has 0 fully saturated rings. The Kier molecular flexibility index (Phi) is 4.88. The van der Waals surface area contributed by atoms with Crippen LogP contribution >= 0.6 is 0 Å². The first kappa shape index (κ1) is 19.2. The maximum Gasteiger partial charge on any atom is 0.224 e. The van der Waals surface area contributed by atoms with Crippen LogP contribution in [0.15, 0.2) is 48.7 Å². The monoisotopic (exact) mass is 379 g/mol. The highest BCUT2D eigenvalue weighted by Crippen LogP contribution is 2.35. The lowest BCUT2D eigenvalue weighted by atomic mass is 9.82. The van der Waals surface area contributed by atoms with Gasteiger partial charge in [-0.05, 0) is 55.4 Å². The topological polar surface area (TPSA) is 65.8 Å². The van der Waals surface area contributed by atoms with Crippen LogP contribution < -0.4 is 10.8 Å². The Balaban J connectivity index is 1.77. The largest absolute Gasteiger partial charge is 0.324 e. The smallest absolute Gasteiger partial charge is 0.224 e. The van der Waals surface area contributed by atoms with E-state index in [2.05, 4.69) is 28.5 Å². The SMILES string of the molecule is [B]c1ccc2ncc3c(c2c1)CC(c1ccc(C(C)(C)C#N)cc1)CCC(=O)N3. The summed E-state index contributed by atoms with van der Waals surface area (Å²) in [7, 11) is 6.03. The number of fused-ring (bicyclic) bond motifs is 3. The minimum atomic E-state index is -0.522. The zero-order chi connectivity index (χ0) is 20.6. The maximum atomic E-state index is 12.4. The van der Waals surface area contributed by atoms with E-state index in [1.807, 2.05) is 44.2 Å². The second-order valence-electron chi connectivity index (χ2n) is 8.27. The fourth-order valence-corrected chi connectivity index (χ4v) is 3.98. The van der Waals surface area contributed by atoms with Crippen LogP contribution in [0.5, 0.6) is 0 Å². The van der Waals surface area contributed by atoms with E-state index in [1.165, 1.54) is 5.56 Å². The first-order valence-electron chi connectivity index (χ1n) is 9.86. The van der Waals surface area contributed by atoms with Gasteiger partial charge in [0.25, 0.3) is 0 Å². The van der Waals surface area contributed by atoms with Crippen LogP contribution in [-0.4, -0.2) is 18.7 Å². The summed E-state index contributed by atoms with van der Waals surface area (Å²) in [6.45, 7) is 3.84. The number of nitrogens with zero attached hydrogens (tertiary/aromatic N) is 2. The Hall–Kier alpha value is -3.13. The van der Waals surface area contributed by atoms with Gasteiger partial charge in [-0.1, -0.05) is 41.9 Å². The number of hydrogen-bond donors (Lipinski definition) is 1. The second-order valence-corrected chi connectivity index (χ2v) is 8.27. The molecule has 0 saturated carbocycles. The molecule has 29 heavy (non-hydrogen) atoms. The molecule has 142 valence electrons. The van der Waals surface area contributed by atoms with Gasteiger partial charge < -0.3 is 5.32 Å². The van der Waals surface area contributed by atoms with Gasteiger partial charge in [0.2, 0.25) is 5.91 Å². The molecular formula is C24H22BN3O. The molecule has 2 heterocycles. The van der Waals surface area contributed by atoms with E-state index in [1.54, 1.807) is 6.20 Å². The number of aromatic nitrogens is 1. The molecule has 1 unspecified atom stereocenters. The highest BCUT2D eigenvalue weighted by molar-refractivity contribution is 6.33. The Labute approximate surface area is 172 Å². The van der Waals surface area contributed by atoms with Gasteiger partial charge in [0, 0.05) is 11.8 Å². The molecule has 0 bridgehead atoms. The van der Waals surface area contributed by atoms with Gasteiger partial charge in [-0.25, -0.2) is 0 Å². The maximum absolute atomic E-state index is 12.4. The van der Waals surface area contributed by atoms with Gasteiger partial charge in [0.1, 0.15) is 7.85 Å². The number of pyridine rings is 1. The predicted octanol–water partition coefficient (Wildman–Crippen LogP) is 3.89. The zero-order valence-corrected chi connectivity index (χ0v) is 16.7. The number of carbonyl (C=O) groups is 1. The van der Waals surface area contributed by atoms with Crippen LogP contribution in [0.1, 0.15) is 49.3 Å². The molecule has 1 N–H and O–H groups in total. The van der Waals surface area contributed by atoms with Crippen molar-refractivity contribution in [3.63, 3.8) is 0 Å². The van der Waals surface area contributed by atoms with E-state index < -0.39 is 5.41 Å². The Morgan fingerprint density at radius 3 is 2.69 bits per heavy atom. The summed E-state index contributed by atoms with van der Waals surface area (Å²) in [6.07, 6.45) is 3.76. The highest BCUT2D eigenvalue weighted by atomic mass is 16.1. The molecule has 0 aliphatic carbocycles. The van der Waals surface area contributed by atoms with Crippen molar-refractivity contribution in [1.82, 2.24) is 4.98 Å². The molecule has 2 aromatic carbocycles. The Morgan fingerprint density at radius 1 is 1.21 bits per heavy atom. The lowest BCUT2D eigenvalue weighted by Crippen LogP contribution is -2.20. The summed E-state index contributed by atoms with van der Waals surface area (Å²) in [4.78, 5) is 16.9. The van der Waals surface area contributed by atoms with E-state index in [4.69, 9.17) is 7.85 Å². The third-order valence-corrected chi connectivity index (χ3v) is 5.83. The lowest BCUT2D eigenvalue weighted by Gasteiger charge is -2.24. The lowest BCUT2D eigenvalue weighted by molar-refractivity contribution is -0.116. The molecule has 1 aliphatic rings. The van der Waals surface area contributed by atoms with Crippen LogP contribution in [0, 0.1) is 11.3 Å². The summed E-state index contributed by atoms with van der Waals surface area (Å²) >= 11 is 0.